The summed E-state index contributed by atoms with van der Waals surface area (Å²) in [6, 6.07) is 3.32. The van der Waals surface area contributed by atoms with E-state index in [4.69, 9.17) is 16.3 Å². The Morgan fingerprint density at radius 2 is 2.17 bits per heavy atom. The maximum Gasteiger partial charge on any atom is 0.408 e. The number of hydrogen-bond donors (Lipinski definition) is 1. The van der Waals surface area contributed by atoms with E-state index in [-0.39, 0.29) is 6.54 Å². The second kappa shape index (κ2) is 7.11. The van der Waals surface area contributed by atoms with Crippen molar-refractivity contribution in [2.75, 3.05) is 6.54 Å². The lowest BCUT2D eigenvalue weighted by atomic mass is 10.2. The smallest absolute Gasteiger partial charge is 0.408 e. The molecule has 0 aliphatic rings. The molecule has 2 aromatic rings. The van der Waals surface area contributed by atoms with Crippen molar-refractivity contribution in [1.29, 1.82) is 0 Å². The average molecular weight is 334 g/mol. The van der Waals surface area contributed by atoms with Crippen LogP contribution < -0.4 is 5.32 Å². The Kier molecular flexibility index (Phi) is 5.19. The van der Waals surface area contributed by atoms with Gasteiger partial charge in [0.05, 0.1) is 18.3 Å². The molecule has 2 aromatic heterocycles. The fourth-order valence-corrected chi connectivity index (χ4v) is 1.62. The Balaban J connectivity index is 1.90. The number of amides is 1. The largest absolute Gasteiger partial charge is 0.444 e. The van der Waals surface area contributed by atoms with Crippen LogP contribution >= 0.6 is 11.6 Å². The second-order valence-electron chi connectivity index (χ2n) is 5.55. The van der Waals surface area contributed by atoms with Crippen molar-refractivity contribution in [3.8, 4) is 17.7 Å². The molecule has 0 radical (unpaired) electrons. The van der Waals surface area contributed by atoms with Gasteiger partial charge in [-0.1, -0.05) is 23.4 Å². The molecule has 2 rings (SSSR count). The van der Waals surface area contributed by atoms with E-state index in [9.17, 15) is 4.79 Å². The van der Waals surface area contributed by atoms with Gasteiger partial charge < -0.3 is 10.1 Å². The fourth-order valence-electron chi connectivity index (χ4n) is 1.52. The Morgan fingerprint density at radius 1 is 1.39 bits per heavy atom. The molecule has 2 heterocycles. The number of nitrogens with zero attached hydrogens (tertiary/aromatic N) is 4. The number of halogens is 1. The zero-order valence-corrected chi connectivity index (χ0v) is 13.8. The van der Waals surface area contributed by atoms with Gasteiger partial charge in [0, 0.05) is 6.20 Å². The van der Waals surface area contributed by atoms with Gasteiger partial charge in [0.2, 0.25) is 0 Å². The van der Waals surface area contributed by atoms with Crippen molar-refractivity contribution in [3.63, 3.8) is 0 Å². The summed E-state index contributed by atoms with van der Waals surface area (Å²) in [6.07, 6.45) is 2.80. The van der Waals surface area contributed by atoms with Crippen LogP contribution in [0.3, 0.4) is 0 Å². The van der Waals surface area contributed by atoms with Crippen molar-refractivity contribution < 1.29 is 9.53 Å². The number of ether oxygens (including phenoxy) is 1. The summed E-state index contributed by atoms with van der Waals surface area (Å²) in [5.74, 6) is 6.24. The first-order chi connectivity index (χ1) is 10.8. The van der Waals surface area contributed by atoms with Gasteiger partial charge in [-0.3, -0.25) is 0 Å². The van der Waals surface area contributed by atoms with E-state index < -0.39 is 11.7 Å². The highest BCUT2D eigenvalue weighted by Crippen LogP contribution is 2.07. The summed E-state index contributed by atoms with van der Waals surface area (Å²) in [4.78, 5) is 11.4. The first kappa shape index (κ1) is 16.8. The van der Waals surface area contributed by atoms with E-state index in [0.29, 0.717) is 16.5 Å². The molecule has 0 unspecified atom stereocenters. The first-order valence-electron chi connectivity index (χ1n) is 6.83. The standard InChI is InChI=1S/C15H16ClN5O2/c1-15(2,3)23-14(22)17-8-4-5-11-9-18-21(10-11)13-7-6-12(16)19-20-13/h6-7,9-10H,8H2,1-3H3,(H,17,22). The zero-order chi connectivity index (χ0) is 16.9. The lowest BCUT2D eigenvalue weighted by Crippen LogP contribution is -2.32. The first-order valence-corrected chi connectivity index (χ1v) is 7.21. The van der Waals surface area contributed by atoms with Crippen LogP contribution in [0, 0.1) is 11.8 Å². The second-order valence-corrected chi connectivity index (χ2v) is 5.93. The van der Waals surface area contributed by atoms with E-state index in [1.165, 1.54) is 4.68 Å². The fraction of sp³-hybridized carbons (Fsp3) is 0.333. The molecule has 0 saturated carbocycles. The van der Waals surface area contributed by atoms with Crippen molar-refractivity contribution in [2.24, 2.45) is 0 Å². The monoisotopic (exact) mass is 333 g/mol. The molecule has 23 heavy (non-hydrogen) atoms. The zero-order valence-electron chi connectivity index (χ0n) is 13.0. The lowest BCUT2D eigenvalue weighted by Gasteiger charge is -2.18. The third-order valence-electron chi connectivity index (χ3n) is 2.39. The topological polar surface area (TPSA) is 81.9 Å². The molecule has 1 amide bonds. The van der Waals surface area contributed by atoms with Gasteiger partial charge in [0.25, 0.3) is 0 Å². The van der Waals surface area contributed by atoms with Gasteiger partial charge in [0.15, 0.2) is 11.0 Å². The molecule has 0 aliphatic heterocycles. The van der Waals surface area contributed by atoms with Gasteiger partial charge in [-0.15, -0.1) is 10.2 Å². The molecule has 0 bridgehead atoms. The minimum absolute atomic E-state index is 0.181. The van der Waals surface area contributed by atoms with E-state index in [1.54, 1.807) is 45.3 Å². The van der Waals surface area contributed by atoms with Crippen molar-refractivity contribution in [1.82, 2.24) is 25.3 Å². The van der Waals surface area contributed by atoms with Crippen molar-refractivity contribution >= 4 is 17.7 Å². The number of alkyl carbamates (subject to hydrolysis) is 1. The molecule has 0 atom stereocenters. The Labute approximate surface area is 139 Å². The van der Waals surface area contributed by atoms with Crippen molar-refractivity contribution in [2.45, 2.75) is 26.4 Å². The molecular formula is C15H16ClN5O2. The van der Waals surface area contributed by atoms with Gasteiger partial charge >= 0.3 is 6.09 Å². The van der Waals surface area contributed by atoms with Crippen LogP contribution in [0.4, 0.5) is 4.79 Å². The van der Waals surface area contributed by atoms with Crippen LogP contribution in [0.1, 0.15) is 26.3 Å². The predicted molar refractivity (Wildman–Crippen MR) is 85.3 cm³/mol. The molecule has 7 nitrogen and oxygen atoms in total. The molecule has 8 heteroatoms. The summed E-state index contributed by atoms with van der Waals surface area (Å²) in [5.41, 5.74) is 0.158. The number of rotatable bonds is 2. The molecule has 0 aliphatic carbocycles. The van der Waals surface area contributed by atoms with Gasteiger partial charge in [0.1, 0.15) is 5.60 Å². The Hall–Kier alpha value is -2.59. The summed E-state index contributed by atoms with van der Waals surface area (Å²) in [7, 11) is 0. The number of hydrogen-bond acceptors (Lipinski definition) is 5. The van der Waals surface area contributed by atoms with E-state index in [0.717, 1.165) is 0 Å². The Morgan fingerprint density at radius 3 is 2.83 bits per heavy atom. The van der Waals surface area contributed by atoms with Crippen LogP contribution in [0.2, 0.25) is 5.15 Å². The molecule has 0 fully saturated rings. The van der Waals surface area contributed by atoms with Crippen LogP contribution in [0.5, 0.6) is 0 Å². The summed E-state index contributed by atoms with van der Waals surface area (Å²) in [5, 5.41) is 14.7. The third kappa shape index (κ3) is 5.60. The molecular weight excluding hydrogens is 318 g/mol. The normalized spacial score (nSPS) is 10.6. The van der Waals surface area contributed by atoms with E-state index in [2.05, 4.69) is 32.5 Å². The quantitative estimate of drug-likeness (QED) is 0.852. The third-order valence-corrected chi connectivity index (χ3v) is 2.59. The van der Waals surface area contributed by atoms with Crippen LogP contribution in [-0.4, -0.2) is 38.2 Å². The van der Waals surface area contributed by atoms with Gasteiger partial charge in [-0.05, 0) is 32.9 Å². The number of carbonyl (C=O) groups excluding carboxylic acids is 1. The van der Waals surface area contributed by atoms with Crippen LogP contribution in [0.25, 0.3) is 5.82 Å². The molecule has 120 valence electrons. The van der Waals surface area contributed by atoms with Crippen LogP contribution in [-0.2, 0) is 4.74 Å². The summed E-state index contributed by atoms with van der Waals surface area (Å²) in [6.45, 7) is 5.58. The minimum atomic E-state index is -0.529. The number of aromatic nitrogens is 4. The van der Waals surface area contributed by atoms with E-state index in [1.807, 2.05) is 0 Å². The number of carbonyl (C=O) groups is 1. The minimum Gasteiger partial charge on any atom is -0.444 e. The lowest BCUT2D eigenvalue weighted by molar-refractivity contribution is 0.0535. The maximum atomic E-state index is 11.4. The molecule has 0 spiro atoms. The molecule has 0 saturated heterocycles. The maximum absolute atomic E-state index is 11.4. The highest BCUT2D eigenvalue weighted by atomic mass is 35.5. The average Bonchev–Trinajstić information content (AvgIpc) is 2.91. The molecule has 1 N–H and O–H groups in total. The van der Waals surface area contributed by atoms with E-state index >= 15 is 0 Å². The predicted octanol–water partition coefficient (Wildman–Crippen LogP) is 2.19. The van der Waals surface area contributed by atoms with Gasteiger partial charge in [-0.2, -0.15) is 5.10 Å². The van der Waals surface area contributed by atoms with Gasteiger partial charge in [-0.25, -0.2) is 9.48 Å². The molecule has 0 aromatic carbocycles. The summed E-state index contributed by atoms with van der Waals surface area (Å²) < 4.78 is 6.64. The van der Waals surface area contributed by atoms with Crippen molar-refractivity contribution in [3.05, 3.63) is 35.2 Å². The highest BCUT2D eigenvalue weighted by molar-refractivity contribution is 6.29. The SMILES string of the molecule is CC(C)(C)OC(=O)NCC#Cc1cnn(-c2ccc(Cl)nn2)c1. The number of nitrogens with one attached hydrogen (secondary N) is 1. The highest BCUT2D eigenvalue weighted by Gasteiger charge is 2.15. The Bertz CT molecular complexity index is 738. The van der Waals surface area contributed by atoms with Crippen LogP contribution in [0.15, 0.2) is 24.5 Å². The summed E-state index contributed by atoms with van der Waals surface area (Å²) >= 11 is 5.68.